The van der Waals surface area contributed by atoms with Gasteiger partial charge in [0.2, 0.25) is 0 Å². The van der Waals surface area contributed by atoms with Gasteiger partial charge in [-0.2, -0.15) is 5.10 Å². The van der Waals surface area contributed by atoms with E-state index in [1.54, 1.807) is 6.20 Å². The summed E-state index contributed by atoms with van der Waals surface area (Å²) in [4.78, 5) is 0. The third-order valence-electron chi connectivity index (χ3n) is 1.16. The maximum atomic E-state index is 5.28. The lowest BCUT2D eigenvalue weighted by Crippen LogP contribution is -1.89. The van der Waals surface area contributed by atoms with E-state index in [1.165, 1.54) is 4.59 Å². The van der Waals surface area contributed by atoms with Gasteiger partial charge in [0.1, 0.15) is 0 Å². The summed E-state index contributed by atoms with van der Waals surface area (Å²) >= 11 is 0. The van der Waals surface area contributed by atoms with Crippen molar-refractivity contribution in [3.63, 3.8) is 0 Å². The Morgan fingerprint density at radius 1 is 1.62 bits per heavy atom. The van der Waals surface area contributed by atoms with E-state index in [0.717, 1.165) is 11.3 Å². The van der Waals surface area contributed by atoms with E-state index in [2.05, 4.69) is 5.10 Å². The Balaban J connectivity index is 3.14. The highest BCUT2D eigenvalue weighted by Gasteiger charge is 1.92. The number of rotatable bonds is 0. The summed E-state index contributed by atoms with van der Waals surface area (Å²) in [7, 11) is 5.28. The van der Waals surface area contributed by atoms with Crippen molar-refractivity contribution >= 4 is 7.98 Å². The molecule has 0 aliphatic rings. The van der Waals surface area contributed by atoms with Gasteiger partial charge in [0.15, 0.2) is 0 Å². The van der Waals surface area contributed by atoms with Crippen LogP contribution in [0.25, 0.3) is 0 Å². The molecule has 0 spiro atoms. The van der Waals surface area contributed by atoms with E-state index in [1.807, 2.05) is 13.8 Å². The summed E-state index contributed by atoms with van der Waals surface area (Å²) in [5.41, 5.74) is 2.13. The highest BCUT2D eigenvalue weighted by Crippen LogP contribution is 1.99. The molecule has 2 radical (unpaired) electrons. The van der Waals surface area contributed by atoms with Gasteiger partial charge in [0.25, 0.3) is 7.98 Å². The minimum absolute atomic E-state index is 0.993. The van der Waals surface area contributed by atoms with E-state index < -0.39 is 0 Å². The smallest absolute Gasteiger partial charge is 0.264 e. The van der Waals surface area contributed by atoms with Crippen molar-refractivity contribution in [3.05, 3.63) is 17.5 Å². The molecule has 1 aromatic rings. The number of aryl methyl sites for hydroxylation is 2. The van der Waals surface area contributed by atoms with Crippen LogP contribution in [0.4, 0.5) is 0 Å². The number of hydrogen-bond acceptors (Lipinski definition) is 1. The molecule has 0 saturated carbocycles. The molecule has 1 aromatic heterocycles. The molecule has 0 aliphatic heterocycles. The lowest BCUT2D eigenvalue weighted by atomic mass is 10.3. The summed E-state index contributed by atoms with van der Waals surface area (Å²) in [6.45, 7) is 3.91. The van der Waals surface area contributed by atoms with Gasteiger partial charge in [-0.15, -0.1) is 0 Å². The second-order valence-electron chi connectivity index (χ2n) is 1.88. The van der Waals surface area contributed by atoms with Crippen molar-refractivity contribution in [2.75, 3.05) is 0 Å². The summed E-state index contributed by atoms with van der Waals surface area (Å²) < 4.78 is 1.32. The van der Waals surface area contributed by atoms with Crippen molar-refractivity contribution in [1.82, 2.24) is 9.69 Å². The standard InChI is InChI=1S/C5H7BN2/c1-4-3-8(6)7-5(4)2/h3H,1-2H3. The van der Waals surface area contributed by atoms with Crippen LogP contribution in [0.15, 0.2) is 6.20 Å². The molecular formula is C5H7BN2. The molecule has 0 N–H and O–H groups in total. The fourth-order valence-corrected chi connectivity index (χ4v) is 0.573. The Kier molecular flexibility index (Phi) is 1.12. The van der Waals surface area contributed by atoms with Crippen LogP contribution >= 0.6 is 0 Å². The first-order valence-corrected chi connectivity index (χ1v) is 2.48. The monoisotopic (exact) mass is 106 g/mol. The lowest BCUT2D eigenvalue weighted by molar-refractivity contribution is 0.962. The Morgan fingerprint density at radius 2 is 2.25 bits per heavy atom. The zero-order valence-electron chi connectivity index (χ0n) is 5.05. The van der Waals surface area contributed by atoms with Crippen molar-refractivity contribution in [3.8, 4) is 0 Å². The van der Waals surface area contributed by atoms with Crippen LogP contribution in [0, 0.1) is 13.8 Å². The van der Waals surface area contributed by atoms with Gasteiger partial charge in [-0.25, -0.2) is 0 Å². The van der Waals surface area contributed by atoms with Crippen LogP contribution in [-0.2, 0) is 0 Å². The fraction of sp³-hybridized carbons (Fsp3) is 0.400. The number of hydrogen-bond donors (Lipinski definition) is 0. The van der Waals surface area contributed by atoms with Crippen LogP contribution in [0.5, 0.6) is 0 Å². The molecule has 8 heavy (non-hydrogen) atoms. The Labute approximate surface area is 49.9 Å². The van der Waals surface area contributed by atoms with E-state index in [-0.39, 0.29) is 0 Å². The predicted molar refractivity (Wildman–Crippen MR) is 32.9 cm³/mol. The molecule has 0 bridgehead atoms. The van der Waals surface area contributed by atoms with E-state index in [4.69, 9.17) is 7.98 Å². The van der Waals surface area contributed by atoms with Gasteiger partial charge in [-0.3, -0.25) is 0 Å². The average molecular weight is 106 g/mol. The van der Waals surface area contributed by atoms with Gasteiger partial charge in [0, 0.05) is 6.20 Å². The summed E-state index contributed by atoms with van der Waals surface area (Å²) in [5, 5.41) is 3.91. The number of nitrogens with zero attached hydrogens (tertiary/aromatic N) is 2. The first-order valence-electron chi connectivity index (χ1n) is 2.48. The van der Waals surface area contributed by atoms with Crippen molar-refractivity contribution < 1.29 is 0 Å². The third-order valence-corrected chi connectivity index (χ3v) is 1.16. The molecule has 3 heteroatoms. The maximum absolute atomic E-state index is 5.28. The lowest BCUT2D eigenvalue weighted by Gasteiger charge is -1.80. The van der Waals surface area contributed by atoms with Gasteiger partial charge in [-0.05, 0) is 19.4 Å². The molecule has 0 fully saturated rings. The average Bonchev–Trinajstić information content (AvgIpc) is 1.85. The van der Waals surface area contributed by atoms with Gasteiger partial charge < -0.3 is 4.59 Å². The molecule has 40 valence electrons. The first kappa shape index (κ1) is 5.41. The van der Waals surface area contributed by atoms with Crippen molar-refractivity contribution in [1.29, 1.82) is 0 Å². The zero-order valence-corrected chi connectivity index (χ0v) is 5.05. The second-order valence-corrected chi connectivity index (χ2v) is 1.88. The quantitative estimate of drug-likeness (QED) is 0.438. The van der Waals surface area contributed by atoms with E-state index in [0.29, 0.717) is 0 Å². The molecule has 0 aliphatic carbocycles. The molecular weight excluding hydrogens is 98.9 g/mol. The zero-order chi connectivity index (χ0) is 6.15. The molecule has 0 saturated heterocycles. The van der Waals surface area contributed by atoms with Crippen LogP contribution in [-0.4, -0.2) is 17.7 Å². The van der Waals surface area contributed by atoms with E-state index in [9.17, 15) is 0 Å². The Bertz CT molecular complexity index is 173. The van der Waals surface area contributed by atoms with Crippen molar-refractivity contribution in [2.24, 2.45) is 0 Å². The normalized spacial score (nSPS) is 9.75. The fourth-order valence-electron chi connectivity index (χ4n) is 0.573. The predicted octanol–water partition coefficient (Wildman–Crippen LogP) is 0.432. The SMILES string of the molecule is [B]n1cc(C)c(C)n1. The Hall–Kier alpha value is -0.725. The first-order chi connectivity index (χ1) is 3.70. The summed E-state index contributed by atoms with van der Waals surface area (Å²) in [5.74, 6) is 0. The maximum Gasteiger partial charge on any atom is 0.264 e. The summed E-state index contributed by atoms with van der Waals surface area (Å²) in [6, 6.07) is 0. The van der Waals surface area contributed by atoms with Gasteiger partial charge in [0.05, 0.1) is 5.69 Å². The van der Waals surface area contributed by atoms with Gasteiger partial charge in [-0.1, -0.05) is 0 Å². The largest absolute Gasteiger partial charge is 0.330 e. The minimum Gasteiger partial charge on any atom is -0.330 e. The van der Waals surface area contributed by atoms with Crippen LogP contribution in [0.3, 0.4) is 0 Å². The molecule has 1 rings (SSSR count). The second kappa shape index (κ2) is 1.65. The van der Waals surface area contributed by atoms with Gasteiger partial charge >= 0.3 is 0 Å². The topological polar surface area (TPSA) is 17.8 Å². The number of aromatic nitrogens is 2. The molecule has 2 nitrogen and oxygen atoms in total. The highest BCUT2D eigenvalue weighted by molar-refractivity contribution is 6.05. The third kappa shape index (κ3) is 0.758. The van der Waals surface area contributed by atoms with Crippen LogP contribution < -0.4 is 0 Å². The van der Waals surface area contributed by atoms with E-state index >= 15 is 0 Å². The molecule has 0 unspecified atom stereocenters. The Morgan fingerprint density at radius 3 is 2.38 bits per heavy atom. The molecule has 1 heterocycles. The molecule has 0 amide bonds. The minimum atomic E-state index is 0.993. The summed E-state index contributed by atoms with van der Waals surface area (Å²) in [6.07, 6.45) is 1.79. The highest BCUT2D eigenvalue weighted by atomic mass is 15.2. The van der Waals surface area contributed by atoms with Crippen LogP contribution in [0.1, 0.15) is 11.3 Å². The molecule has 0 atom stereocenters. The van der Waals surface area contributed by atoms with Crippen LogP contribution in [0.2, 0.25) is 0 Å². The van der Waals surface area contributed by atoms with Crippen molar-refractivity contribution in [2.45, 2.75) is 13.8 Å². The molecule has 0 aromatic carbocycles.